The van der Waals surface area contributed by atoms with E-state index in [0.29, 0.717) is 0 Å². The fourth-order valence-corrected chi connectivity index (χ4v) is 1.05. The molecule has 0 aromatic heterocycles. The molecule has 1 aromatic carbocycles. The molecule has 1 amide bonds. The molecule has 8 heteroatoms. The van der Waals surface area contributed by atoms with E-state index >= 15 is 0 Å². The van der Waals surface area contributed by atoms with Gasteiger partial charge in [-0.3, -0.25) is 14.9 Å². The van der Waals surface area contributed by atoms with Crippen molar-refractivity contribution in [2.45, 2.75) is 0 Å². The molecule has 18 heavy (non-hydrogen) atoms. The van der Waals surface area contributed by atoms with E-state index in [-0.39, 0.29) is 24.5 Å². The molecular formula is C10H11N3O5. The van der Waals surface area contributed by atoms with Gasteiger partial charge >= 0.3 is 5.97 Å². The first kappa shape index (κ1) is 13.6. The van der Waals surface area contributed by atoms with Crippen molar-refractivity contribution >= 4 is 17.6 Å². The smallest absolute Gasteiger partial charge is 0.330 e. The van der Waals surface area contributed by atoms with Gasteiger partial charge < -0.3 is 15.8 Å². The molecule has 0 atom stereocenters. The van der Waals surface area contributed by atoms with Crippen LogP contribution in [0.25, 0.3) is 0 Å². The number of carbonyl (C=O) groups excluding carboxylic acids is 2. The molecule has 0 aliphatic carbocycles. The van der Waals surface area contributed by atoms with E-state index in [2.05, 4.69) is 5.32 Å². The SMILES string of the molecule is NCC(=O)NCC(=O)Oc1ccc([N+](=O)[O-])cc1. The first-order valence-electron chi connectivity index (χ1n) is 4.95. The maximum atomic E-state index is 11.2. The van der Waals surface area contributed by atoms with E-state index in [1.807, 2.05) is 0 Å². The molecule has 0 spiro atoms. The summed E-state index contributed by atoms with van der Waals surface area (Å²) in [6, 6.07) is 5.00. The molecule has 1 aromatic rings. The number of nitrogens with two attached hydrogens (primary N) is 1. The molecule has 0 aliphatic rings. The lowest BCUT2D eigenvalue weighted by Gasteiger charge is -2.04. The van der Waals surface area contributed by atoms with Crippen LogP contribution in [0.2, 0.25) is 0 Å². The molecule has 3 N–H and O–H groups in total. The first-order chi connectivity index (χ1) is 8.52. The number of nitro benzene ring substituents is 1. The van der Waals surface area contributed by atoms with Gasteiger partial charge in [0.1, 0.15) is 12.3 Å². The second kappa shape index (κ2) is 6.30. The first-order valence-corrected chi connectivity index (χ1v) is 4.95. The van der Waals surface area contributed by atoms with Crippen LogP contribution in [-0.2, 0) is 9.59 Å². The second-order valence-corrected chi connectivity index (χ2v) is 3.21. The highest BCUT2D eigenvalue weighted by Gasteiger charge is 2.09. The normalized spacial score (nSPS) is 9.61. The third-order valence-corrected chi connectivity index (χ3v) is 1.89. The Morgan fingerprint density at radius 3 is 2.44 bits per heavy atom. The fourth-order valence-electron chi connectivity index (χ4n) is 1.05. The summed E-state index contributed by atoms with van der Waals surface area (Å²) in [6.45, 7) is -0.530. The molecule has 0 saturated heterocycles. The third-order valence-electron chi connectivity index (χ3n) is 1.89. The van der Waals surface area contributed by atoms with Gasteiger partial charge in [0, 0.05) is 12.1 Å². The summed E-state index contributed by atoms with van der Waals surface area (Å²) in [5.74, 6) is -1.01. The van der Waals surface area contributed by atoms with Crippen molar-refractivity contribution in [2.24, 2.45) is 5.73 Å². The lowest BCUT2D eigenvalue weighted by molar-refractivity contribution is -0.384. The summed E-state index contributed by atoms with van der Waals surface area (Å²) >= 11 is 0. The highest BCUT2D eigenvalue weighted by molar-refractivity contribution is 5.83. The lowest BCUT2D eigenvalue weighted by Crippen LogP contribution is -2.35. The van der Waals surface area contributed by atoms with Crippen molar-refractivity contribution < 1.29 is 19.2 Å². The Kier molecular flexibility index (Phi) is 4.76. The number of carbonyl (C=O) groups is 2. The molecule has 8 nitrogen and oxygen atoms in total. The summed E-state index contributed by atoms with van der Waals surface area (Å²) in [5, 5.41) is 12.6. The van der Waals surface area contributed by atoms with Crippen LogP contribution in [0.3, 0.4) is 0 Å². The number of hydrogen-bond donors (Lipinski definition) is 2. The predicted molar refractivity (Wildman–Crippen MR) is 60.8 cm³/mol. The number of amides is 1. The van der Waals surface area contributed by atoms with Gasteiger partial charge in [-0.05, 0) is 12.1 Å². The van der Waals surface area contributed by atoms with E-state index in [0.717, 1.165) is 0 Å². The second-order valence-electron chi connectivity index (χ2n) is 3.21. The summed E-state index contributed by atoms with van der Waals surface area (Å²) in [5.41, 5.74) is 4.92. The Labute approximate surface area is 102 Å². The molecule has 0 radical (unpaired) electrons. The minimum Gasteiger partial charge on any atom is -0.425 e. The molecule has 1 rings (SSSR count). The van der Waals surface area contributed by atoms with Gasteiger partial charge in [0.25, 0.3) is 5.69 Å². The highest BCUT2D eigenvalue weighted by atomic mass is 16.6. The van der Waals surface area contributed by atoms with E-state index < -0.39 is 16.8 Å². The van der Waals surface area contributed by atoms with Gasteiger partial charge in [-0.2, -0.15) is 0 Å². The van der Waals surface area contributed by atoms with Gasteiger partial charge in [0.15, 0.2) is 0 Å². The molecule has 0 aliphatic heterocycles. The quantitative estimate of drug-likeness (QED) is 0.317. The number of non-ortho nitro benzene ring substituents is 1. The molecule has 0 heterocycles. The largest absolute Gasteiger partial charge is 0.425 e. The Bertz CT molecular complexity index is 457. The zero-order valence-corrected chi connectivity index (χ0v) is 9.29. The number of nitrogens with one attached hydrogen (secondary N) is 1. The molecule has 0 fully saturated rings. The molecule has 0 bridgehead atoms. The van der Waals surface area contributed by atoms with Crippen molar-refractivity contribution in [1.82, 2.24) is 5.32 Å². The van der Waals surface area contributed by atoms with Gasteiger partial charge in [-0.15, -0.1) is 0 Å². The van der Waals surface area contributed by atoms with E-state index in [1.165, 1.54) is 24.3 Å². The van der Waals surface area contributed by atoms with E-state index in [1.54, 1.807) is 0 Å². The van der Waals surface area contributed by atoms with Crippen LogP contribution in [-0.4, -0.2) is 29.9 Å². The van der Waals surface area contributed by atoms with Crippen LogP contribution in [0.15, 0.2) is 24.3 Å². The monoisotopic (exact) mass is 253 g/mol. The lowest BCUT2D eigenvalue weighted by atomic mass is 10.3. The number of benzene rings is 1. The topological polar surface area (TPSA) is 125 Å². The zero-order valence-electron chi connectivity index (χ0n) is 9.29. The maximum Gasteiger partial charge on any atom is 0.330 e. The summed E-state index contributed by atoms with van der Waals surface area (Å²) < 4.78 is 4.83. The number of nitro groups is 1. The third kappa shape index (κ3) is 4.18. The Hall–Kier alpha value is -2.48. The minimum atomic E-state index is -0.689. The number of nitrogens with zero attached hydrogens (tertiary/aromatic N) is 1. The van der Waals surface area contributed by atoms with Crippen LogP contribution in [0.5, 0.6) is 5.75 Å². The van der Waals surface area contributed by atoms with Crippen molar-refractivity contribution in [2.75, 3.05) is 13.1 Å². The van der Waals surface area contributed by atoms with E-state index in [9.17, 15) is 19.7 Å². The number of ether oxygens (including phenoxy) is 1. The average molecular weight is 253 g/mol. The predicted octanol–water partition coefficient (Wildman–Crippen LogP) is -0.425. The van der Waals surface area contributed by atoms with Crippen LogP contribution in [0, 0.1) is 10.1 Å². The van der Waals surface area contributed by atoms with Crippen LogP contribution >= 0.6 is 0 Å². The molecule has 96 valence electrons. The van der Waals surface area contributed by atoms with Crippen molar-refractivity contribution in [3.05, 3.63) is 34.4 Å². The number of hydrogen-bond acceptors (Lipinski definition) is 6. The van der Waals surface area contributed by atoms with Crippen LogP contribution < -0.4 is 15.8 Å². The molecule has 0 unspecified atom stereocenters. The maximum absolute atomic E-state index is 11.2. The van der Waals surface area contributed by atoms with E-state index in [4.69, 9.17) is 10.5 Å². The fraction of sp³-hybridized carbons (Fsp3) is 0.200. The highest BCUT2D eigenvalue weighted by Crippen LogP contribution is 2.17. The van der Waals surface area contributed by atoms with Gasteiger partial charge in [-0.25, -0.2) is 4.79 Å². The van der Waals surface area contributed by atoms with Crippen molar-refractivity contribution in [3.63, 3.8) is 0 Å². The zero-order chi connectivity index (χ0) is 13.5. The van der Waals surface area contributed by atoms with Crippen molar-refractivity contribution in [3.8, 4) is 5.75 Å². The summed E-state index contributed by atoms with van der Waals surface area (Å²) in [6.07, 6.45) is 0. The molecular weight excluding hydrogens is 242 g/mol. The summed E-state index contributed by atoms with van der Waals surface area (Å²) in [7, 11) is 0. The number of esters is 1. The number of rotatable bonds is 5. The minimum absolute atomic E-state index is 0.105. The standard InChI is InChI=1S/C10H11N3O5/c11-5-9(14)12-6-10(15)18-8-3-1-7(2-4-8)13(16)17/h1-4H,5-6,11H2,(H,12,14). The van der Waals surface area contributed by atoms with Crippen LogP contribution in [0.4, 0.5) is 5.69 Å². The Morgan fingerprint density at radius 2 is 1.94 bits per heavy atom. The van der Waals surface area contributed by atoms with Gasteiger partial charge in [0.2, 0.25) is 5.91 Å². The molecule has 0 saturated carbocycles. The Morgan fingerprint density at radius 1 is 1.33 bits per heavy atom. The van der Waals surface area contributed by atoms with Crippen molar-refractivity contribution in [1.29, 1.82) is 0 Å². The Balaban J connectivity index is 2.49. The van der Waals surface area contributed by atoms with Gasteiger partial charge in [-0.1, -0.05) is 0 Å². The van der Waals surface area contributed by atoms with Crippen LogP contribution in [0.1, 0.15) is 0 Å². The van der Waals surface area contributed by atoms with Gasteiger partial charge in [0.05, 0.1) is 11.5 Å². The summed E-state index contributed by atoms with van der Waals surface area (Å²) in [4.78, 5) is 31.8. The average Bonchev–Trinajstić information content (AvgIpc) is 2.36.